The van der Waals surface area contributed by atoms with Crippen LogP contribution in [0.4, 0.5) is 11.9 Å². The fourth-order valence-electron chi connectivity index (χ4n) is 2.06. The molecule has 0 bridgehead atoms. The fraction of sp³-hybridized carbons (Fsp3) is 0.750. The summed E-state index contributed by atoms with van der Waals surface area (Å²) < 4.78 is 5.45. The normalized spacial score (nSPS) is 16.7. The predicted octanol–water partition coefficient (Wildman–Crippen LogP) is 1.96. The summed E-state index contributed by atoms with van der Waals surface area (Å²) >= 11 is 5.94. The molecule has 1 unspecified atom stereocenters. The minimum atomic E-state index is 0.107. The molecular weight excluding hydrogens is 266 g/mol. The summed E-state index contributed by atoms with van der Waals surface area (Å²) in [4.78, 5) is 14.8. The van der Waals surface area contributed by atoms with Gasteiger partial charge < -0.3 is 15.0 Å². The van der Waals surface area contributed by atoms with Crippen LogP contribution in [0.25, 0.3) is 0 Å². The fourth-order valence-corrected chi connectivity index (χ4v) is 2.21. The SMILES string of the molecule is CCOC(C)CNc1nc(Cl)nc(N2CCCC2)n1. The van der Waals surface area contributed by atoms with Crippen LogP contribution < -0.4 is 10.2 Å². The number of aromatic nitrogens is 3. The standard InChI is InChI=1S/C12H20ClN5O/c1-3-19-9(2)8-14-11-15-10(13)16-12(17-11)18-6-4-5-7-18/h9H,3-8H2,1-2H3,(H,14,15,16,17). The smallest absolute Gasteiger partial charge is 0.231 e. The molecule has 2 heterocycles. The minimum Gasteiger partial charge on any atom is -0.377 e. The molecule has 1 saturated heterocycles. The Kier molecular flexibility index (Phi) is 5.15. The zero-order valence-electron chi connectivity index (χ0n) is 11.4. The highest BCUT2D eigenvalue weighted by Crippen LogP contribution is 2.18. The van der Waals surface area contributed by atoms with Gasteiger partial charge in [-0.25, -0.2) is 0 Å². The number of hydrogen-bond acceptors (Lipinski definition) is 6. The molecule has 1 aromatic rings. The molecular formula is C12H20ClN5O. The zero-order chi connectivity index (χ0) is 13.7. The van der Waals surface area contributed by atoms with Gasteiger partial charge >= 0.3 is 0 Å². The van der Waals surface area contributed by atoms with Crippen molar-refractivity contribution in [3.8, 4) is 0 Å². The van der Waals surface area contributed by atoms with Gasteiger partial charge in [-0.2, -0.15) is 15.0 Å². The van der Waals surface area contributed by atoms with E-state index in [1.54, 1.807) is 0 Å². The summed E-state index contributed by atoms with van der Waals surface area (Å²) in [5.74, 6) is 1.16. The maximum absolute atomic E-state index is 5.94. The van der Waals surface area contributed by atoms with Crippen molar-refractivity contribution in [1.82, 2.24) is 15.0 Å². The Balaban J connectivity index is 2.00. The lowest BCUT2D eigenvalue weighted by atomic mass is 10.4. The van der Waals surface area contributed by atoms with Crippen LogP contribution in [0.2, 0.25) is 5.28 Å². The highest BCUT2D eigenvalue weighted by Gasteiger charge is 2.17. The highest BCUT2D eigenvalue weighted by atomic mass is 35.5. The van der Waals surface area contributed by atoms with Gasteiger partial charge in [-0.1, -0.05) is 0 Å². The van der Waals surface area contributed by atoms with Gasteiger partial charge in [0.2, 0.25) is 17.2 Å². The number of anilines is 2. The Morgan fingerprint density at radius 1 is 1.32 bits per heavy atom. The third kappa shape index (κ3) is 4.18. The van der Waals surface area contributed by atoms with Crippen LogP contribution in [-0.2, 0) is 4.74 Å². The molecule has 0 aromatic carbocycles. The highest BCUT2D eigenvalue weighted by molar-refractivity contribution is 6.28. The van der Waals surface area contributed by atoms with E-state index < -0.39 is 0 Å². The van der Waals surface area contributed by atoms with E-state index in [0.717, 1.165) is 13.1 Å². The number of nitrogens with one attached hydrogen (secondary N) is 1. The topological polar surface area (TPSA) is 63.2 Å². The molecule has 1 N–H and O–H groups in total. The van der Waals surface area contributed by atoms with Gasteiger partial charge in [-0.3, -0.25) is 0 Å². The summed E-state index contributed by atoms with van der Waals surface area (Å²) in [5.41, 5.74) is 0. The largest absolute Gasteiger partial charge is 0.377 e. The van der Waals surface area contributed by atoms with Crippen molar-refractivity contribution in [2.45, 2.75) is 32.8 Å². The number of ether oxygens (including phenoxy) is 1. The van der Waals surface area contributed by atoms with E-state index in [1.165, 1.54) is 12.8 Å². The Hall–Kier alpha value is -1.14. The third-order valence-electron chi connectivity index (χ3n) is 2.98. The molecule has 106 valence electrons. The van der Waals surface area contributed by atoms with Crippen LogP contribution in [0.5, 0.6) is 0 Å². The molecule has 1 atom stereocenters. The Morgan fingerprint density at radius 3 is 2.74 bits per heavy atom. The van der Waals surface area contributed by atoms with Crippen molar-refractivity contribution in [3.63, 3.8) is 0 Å². The average Bonchev–Trinajstić information content (AvgIpc) is 2.90. The van der Waals surface area contributed by atoms with E-state index in [9.17, 15) is 0 Å². The van der Waals surface area contributed by atoms with Gasteiger partial charge in [-0.05, 0) is 38.3 Å². The summed E-state index contributed by atoms with van der Waals surface area (Å²) in [6, 6.07) is 0. The van der Waals surface area contributed by atoms with Crippen LogP contribution in [0, 0.1) is 0 Å². The molecule has 0 aliphatic carbocycles. The zero-order valence-corrected chi connectivity index (χ0v) is 12.2. The van der Waals surface area contributed by atoms with Crippen LogP contribution in [0.1, 0.15) is 26.7 Å². The van der Waals surface area contributed by atoms with E-state index in [0.29, 0.717) is 25.0 Å². The second kappa shape index (κ2) is 6.86. The molecule has 0 spiro atoms. The van der Waals surface area contributed by atoms with E-state index in [-0.39, 0.29) is 11.4 Å². The monoisotopic (exact) mass is 285 g/mol. The lowest BCUT2D eigenvalue weighted by molar-refractivity contribution is 0.0854. The summed E-state index contributed by atoms with van der Waals surface area (Å²) in [7, 11) is 0. The van der Waals surface area contributed by atoms with Crippen molar-refractivity contribution in [3.05, 3.63) is 5.28 Å². The van der Waals surface area contributed by atoms with Crippen LogP contribution in [0.3, 0.4) is 0 Å². The number of nitrogens with zero attached hydrogens (tertiary/aromatic N) is 4. The second-order valence-corrected chi connectivity index (χ2v) is 4.91. The number of halogens is 1. The average molecular weight is 286 g/mol. The maximum atomic E-state index is 5.94. The van der Waals surface area contributed by atoms with Crippen LogP contribution in [-0.4, -0.2) is 47.3 Å². The van der Waals surface area contributed by atoms with Gasteiger partial charge in [0.1, 0.15) is 0 Å². The van der Waals surface area contributed by atoms with Crippen LogP contribution >= 0.6 is 11.6 Å². The van der Waals surface area contributed by atoms with Crippen molar-refractivity contribution in [2.24, 2.45) is 0 Å². The molecule has 1 fully saturated rings. The maximum Gasteiger partial charge on any atom is 0.231 e. The van der Waals surface area contributed by atoms with Gasteiger partial charge in [-0.15, -0.1) is 0 Å². The van der Waals surface area contributed by atoms with E-state index >= 15 is 0 Å². The minimum absolute atomic E-state index is 0.107. The molecule has 19 heavy (non-hydrogen) atoms. The first-order valence-electron chi connectivity index (χ1n) is 6.71. The van der Waals surface area contributed by atoms with Gasteiger partial charge in [0.05, 0.1) is 6.10 Å². The number of rotatable bonds is 6. The Labute approximate surface area is 118 Å². The lowest BCUT2D eigenvalue weighted by Crippen LogP contribution is -2.24. The first kappa shape index (κ1) is 14.3. The molecule has 7 heteroatoms. The lowest BCUT2D eigenvalue weighted by Gasteiger charge is -2.17. The predicted molar refractivity (Wildman–Crippen MR) is 75.9 cm³/mol. The van der Waals surface area contributed by atoms with Crippen molar-refractivity contribution in [2.75, 3.05) is 36.5 Å². The Morgan fingerprint density at radius 2 is 2.05 bits per heavy atom. The van der Waals surface area contributed by atoms with Gasteiger partial charge in [0, 0.05) is 26.2 Å². The summed E-state index contributed by atoms with van der Waals surface area (Å²) in [5, 5.41) is 3.36. The molecule has 0 radical (unpaired) electrons. The Bertz CT molecular complexity index is 411. The molecule has 6 nitrogen and oxygen atoms in total. The van der Waals surface area contributed by atoms with Crippen molar-refractivity contribution >= 4 is 23.5 Å². The quantitative estimate of drug-likeness (QED) is 0.862. The second-order valence-electron chi connectivity index (χ2n) is 4.57. The van der Waals surface area contributed by atoms with E-state index in [2.05, 4.69) is 25.2 Å². The third-order valence-corrected chi connectivity index (χ3v) is 3.15. The molecule has 1 aliphatic heterocycles. The first-order valence-corrected chi connectivity index (χ1v) is 7.09. The van der Waals surface area contributed by atoms with Crippen molar-refractivity contribution in [1.29, 1.82) is 0 Å². The molecule has 0 amide bonds. The van der Waals surface area contributed by atoms with E-state index in [4.69, 9.17) is 16.3 Å². The molecule has 1 aliphatic rings. The first-order chi connectivity index (χ1) is 9.19. The van der Waals surface area contributed by atoms with Gasteiger partial charge in [0.25, 0.3) is 0 Å². The van der Waals surface area contributed by atoms with Crippen molar-refractivity contribution < 1.29 is 4.74 Å². The van der Waals surface area contributed by atoms with Crippen LogP contribution in [0.15, 0.2) is 0 Å². The summed E-state index contributed by atoms with van der Waals surface area (Å²) in [6.07, 6.45) is 2.46. The van der Waals surface area contributed by atoms with E-state index in [1.807, 2.05) is 13.8 Å². The molecule has 2 rings (SSSR count). The molecule has 0 saturated carbocycles. The van der Waals surface area contributed by atoms with Gasteiger partial charge in [0.15, 0.2) is 0 Å². The number of hydrogen-bond donors (Lipinski definition) is 1. The molecule has 1 aromatic heterocycles. The summed E-state index contributed by atoms with van der Waals surface area (Å²) in [6.45, 7) is 7.28.